The fourth-order valence-corrected chi connectivity index (χ4v) is 7.26. The quantitative estimate of drug-likeness (QED) is 0.0463. The highest BCUT2D eigenvalue weighted by molar-refractivity contribution is 5.90. The zero-order valence-electron chi connectivity index (χ0n) is 38.6. The predicted molar refractivity (Wildman–Crippen MR) is 230 cm³/mol. The number of esters is 8. The third-order valence-electron chi connectivity index (χ3n) is 9.94. The predicted octanol–water partition coefficient (Wildman–Crippen LogP) is 1.57. The molecule has 2 aromatic rings. The maximum Gasteiger partial charge on any atom is 0.366 e. The zero-order chi connectivity index (χ0) is 51.5. The molecule has 0 aliphatic carbocycles. The third kappa shape index (κ3) is 15.5. The summed E-state index contributed by atoms with van der Waals surface area (Å²) in [6.45, 7) is 1.72. The molecule has 2 aromatic carbocycles. The van der Waals surface area contributed by atoms with Crippen molar-refractivity contribution in [3.05, 3.63) is 82.2 Å². The standard InChI is InChI=1S/C45H50N4O21/c1-8-19-60-43-40(69-42(57)30-17-13-10-14-18-30)39(68-41(56)29-15-11-9-12-16-29)37(66-28(6)54)33(67-43)22-62-45(44(58)59-7)20-31(63-25(3)51)35(48-34(55)23-61-24(2)50)38(70-45)36(65-27(5)53)32(21-47-49-46)64-26(4)52/h1,9-18,31-33,35-40,43H,19-23H2,2-7H3,(H,48,55)/t31-,32+,33+,35+,36+,37-,38+,39-,40+,43+,45+/m0/s1. The van der Waals surface area contributed by atoms with Crippen LogP contribution in [-0.2, 0) is 90.4 Å². The van der Waals surface area contributed by atoms with E-state index in [0.29, 0.717) is 0 Å². The zero-order valence-corrected chi connectivity index (χ0v) is 38.6. The van der Waals surface area contributed by atoms with Gasteiger partial charge in [0.2, 0.25) is 0 Å². The average molecular weight is 983 g/mol. The van der Waals surface area contributed by atoms with E-state index in [1.807, 2.05) is 0 Å². The molecule has 2 aliphatic rings. The third-order valence-corrected chi connectivity index (χ3v) is 9.94. The molecule has 2 heterocycles. The first-order valence-corrected chi connectivity index (χ1v) is 21.1. The van der Waals surface area contributed by atoms with E-state index in [1.165, 1.54) is 36.4 Å². The Hall–Kier alpha value is -7.62. The van der Waals surface area contributed by atoms with Crippen LogP contribution in [0.3, 0.4) is 0 Å². The Bertz CT molecular complexity index is 2300. The van der Waals surface area contributed by atoms with Crippen LogP contribution in [0.15, 0.2) is 65.8 Å². The second-order valence-corrected chi connectivity index (χ2v) is 15.1. The minimum Gasteiger partial charge on any atom is -0.465 e. The number of carbonyl (C=O) groups is 9. The van der Waals surface area contributed by atoms with Crippen molar-refractivity contribution < 1.29 is 100.0 Å². The van der Waals surface area contributed by atoms with Crippen molar-refractivity contribution >= 4 is 53.7 Å². The number of methoxy groups -OCH3 is 1. The van der Waals surface area contributed by atoms with Gasteiger partial charge >= 0.3 is 47.8 Å². The van der Waals surface area contributed by atoms with Gasteiger partial charge in [-0.25, -0.2) is 14.4 Å². The van der Waals surface area contributed by atoms with Crippen molar-refractivity contribution in [2.24, 2.45) is 5.11 Å². The molecule has 0 unspecified atom stereocenters. The van der Waals surface area contributed by atoms with Crippen LogP contribution >= 0.6 is 0 Å². The Morgan fingerprint density at radius 3 is 1.90 bits per heavy atom. The normalized spacial score (nSPS) is 24.5. The summed E-state index contributed by atoms with van der Waals surface area (Å²) in [5.41, 5.74) is 9.27. The van der Waals surface area contributed by atoms with Gasteiger partial charge in [0.05, 0.1) is 43.9 Å². The van der Waals surface area contributed by atoms with Gasteiger partial charge < -0.3 is 62.2 Å². The molecule has 25 heteroatoms. The van der Waals surface area contributed by atoms with E-state index in [4.69, 9.17) is 63.3 Å². The van der Waals surface area contributed by atoms with Gasteiger partial charge in [0, 0.05) is 39.5 Å². The number of benzene rings is 2. The fraction of sp³-hybridized carbons (Fsp3) is 0.489. The molecule has 4 rings (SSSR count). The van der Waals surface area contributed by atoms with Gasteiger partial charge in [-0.15, -0.1) is 6.42 Å². The summed E-state index contributed by atoms with van der Waals surface area (Å²) >= 11 is 0. The van der Waals surface area contributed by atoms with Gasteiger partial charge in [-0.3, -0.25) is 28.8 Å². The highest BCUT2D eigenvalue weighted by Gasteiger charge is 2.61. The van der Waals surface area contributed by atoms with Crippen LogP contribution in [0.25, 0.3) is 10.4 Å². The van der Waals surface area contributed by atoms with Crippen LogP contribution in [0.2, 0.25) is 0 Å². The smallest absolute Gasteiger partial charge is 0.366 e. The summed E-state index contributed by atoms with van der Waals surface area (Å²) in [5.74, 6) is -9.97. The summed E-state index contributed by atoms with van der Waals surface area (Å²) in [6, 6.07) is 13.4. The molecule has 0 saturated carbocycles. The number of hydrogen-bond donors (Lipinski definition) is 1. The lowest BCUT2D eigenvalue weighted by Crippen LogP contribution is -2.70. The molecule has 1 amide bonds. The van der Waals surface area contributed by atoms with E-state index in [9.17, 15) is 48.7 Å². The van der Waals surface area contributed by atoms with Crippen molar-refractivity contribution in [3.63, 3.8) is 0 Å². The molecule has 0 bridgehead atoms. The topological polar surface area (TPSA) is 325 Å². The number of rotatable bonds is 21. The van der Waals surface area contributed by atoms with Gasteiger partial charge in [-0.05, 0) is 29.8 Å². The number of amides is 1. The first-order chi connectivity index (χ1) is 33.3. The Balaban J connectivity index is 1.92. The molecule has 0 aromatic heterocycles. The number of hydrogen-bond acceptors (Lipinski definition) is 22. The van der Waals surface area contributed by atoms with E-state index >= 15 is 0 Å². The van der Waals surface area contributed by atoms with Crippen molar-refractivity contribution in [2.75, 3.05) is 33.5 Å². The Kier molecular flexibility index (Phi) is 20.6. The lowest BCUT2D eigenvalue weighted by atomic mass is 9.87. The van der Waals surface area contributed by atoms with Crippen molar-refractivity contribution in [3.8, 4) is 12.3 Å². The first-order valence-electron chi connectivity index (χ1n) is 21.1. The number of terminal acetylenes is 1. The van der Waals surface area contributed by atoms with Crippen LogP contribution in [0.4, 0.5) is 0 Å². The number of nitrogens with one attached hydrogen (secondary N) is 1. The lowest BCUT2D eigenvalue weighted by Gasteiger charge is -2.49. The molecule has 0 spiro atoms. The lowest BCUT2D eigenvalue weighted by molar-refractivity contribution is -0.338. The summed E-state index contributed by atoms with van der Waals surface area (Å²) in [5, 5.41) is 5.89. The fourth-order valence-electron chi connectivity index (χ4n) is 7.26. The number of nitrogens with zero attached hydrogens (tertiary/aromatic N) is 3. The molecular formula is C45H50N4O21. The van der Waals surface area contributed by atoms with Crippen molar-refractivity contribution in [2.45, 2.75) is 108 Å². The van der Waals surface area contributed by atoms with Crippen LogP contribution in [0, 0.1) is 12.3 Å². The second-order valence-electron chi connectivity index (χ2n) is 15.1. The molecule has 2 saturated heterocycles. The first kappa shape index (κ1) is 55.0. The summed E-state index contributed by atoms with van der Waals surface area (Å²) in [4.78, 5) is 120. The molecular weight excluding hydrogens is 933 g/mol. The minimum atomic E-state index is -2.86. The molecule has 376 valence electrons. The number of azide groups is 1. The van der Waals surface area contributed by atoms with Gasteiger partial charge in [-0.2, -0.15) is 0 Å². The summed E-state index contributed by atoms with van der Waals surface area (Å²) in [7, 11) is 0.902. The van der Waals surface area contributed by atoms with E-state index in [0.717, 1.165) is 41.7 Å². The van der Waals surface area contributed by atoms with Gasteiger partial charge in [0.1, 0.15) is 31.0 Å². The Morgan fingerprint density at radius 2 is 1.39 bits per heavy atom. The summed E-state index contributed by atoms with van der Waals surface area (Å²) < 4.78 is 68.7. The minimum absolute atomic E-state index is 0.00440. The Labute approximate surface area is 399 Å². The van der Waals surface area contributed by atoms with Crippen LogP contribution in [0.5, 0.6) is 0 Å². The number of carbonyl (C=O) groups excluding carboxylic acids is 9. The van der Waals surface area contributed by atoms with Crippen molar-refractivity contribution in [1.29, 1.82) is 0 Å². The van der Waals surface area contributed by atoms with Gasteiger partial charge in [-0.1, -0.05) is 47.4 Å². The van der Waals surface area contributed by atoms with Crippen LogP contribution in [0.1, 0.15) is 61.8 Å². The van der Waals surface area contributed by atoms with Gasteiger partial charge in [0.15, 0.2) is 37.3 Å². The van der Waals surface area contributed by atoms with E-state index in [-0.39, 0.29) is 11.1 Å². The second kappa shape index (κ2) is 26.2. The number of ether oxygens (including phenoxy) is 12. The maximum atomic E-state index is 14.2. The monoisotopic (exact) mass is 982 g/mol. The molecule has 0 radical (unpaired) electrons. The molecule has 70 heavy (non-hydrogen) atoms. The SMILES string of the molecule is C#CCO[C@@H]1O[C@H](CO[C@]2(C(=O)OC)C[C@H](OC(C)=O)[C@@H](NC(=O)COC(C)=O)[C@H]([C@H](OC(C)=O)[C@@H](CN=[N+]=[N-])OC(C)=O)O2)[C@H](OC(C)=O)[C@H](OC(=O)c2ccccc2)[C@H]1OC(=O)c1ccccc1. The van der Waals surface area contributed by atoms with Crippen LogP contribution in [-0.4, -0.2) is 154 Å². The molecule has 2 fully saturated rings. The molecule has 1 N–H and O–H groups in total. The Morgan fingerprint density at radius 1 is 0.800 bits per heavy atom. The van der Waals surface area contributed by atoms with E-state index < -0.39 is 153 Å². The van der Waals surface area contributed by atoms with Gasteiger partial charge in [0.25, 0.3) is 11.7 Å². The van der Waals surface area contributed by atoms with E-state index in [2.05, 4.69) is 21.3 Å². The van der Waals surface area contributed by atoms with E-state index in [1.54, 1.807) is 24.3 Å². The highest BCUT2D eigenvalue weighted by Crippen LogP contribution is 2.39. The largest absolute Gasteiger partial charge is 0.465 e. The molecule has 2 aliphatic heterocycles. The van der Waals surface area contributed by atoms with Crippen molar-refractivity contribution in [1.82, 2.24) is 5.32 Å². The maximum absolute atomic E-state index is 14.2. The average Bonchev–Trinajstić information content (AvgIpc) is 3.32. The summed E-state index contributed by atoms with van der Waals surface area (Å²) in [6.07, 6.45) is -11.7. The molecule has 11 atom stereocenters. The van der Waals surface area contributed by atoms with Crippen LogP contribution < -0.4 is 5.32 Å². The molecule has 25 nitrogen and oxygen atoms in total. The highest BCUT2D eigenvalue weighted by atomic mass is 16.8.